The SMILES string of the molecule is CN1CCN(Cc2cccc(CNC(=O)c3ccc(N4CCCS4(=O)=O)cc3)c2)CC1. The van der Waals surface area contributed by atoms with Crippen LogP contribution in [-0.2, 0) is 23.1 Å². The predicted octanol–water partition coefficient (Wildman–Crippen LogP) is 1.90. The smallest absolute Gasteiger partial charge is 0.251 e. The maximum atomic E-state index is 12.6. The third-order valence-electron chi connectivity index (χ3n) is 5.96. The Morgan fingerprint density at radius 2 is 1.68 bits per heavy atom. The molecule has 2 aromatic carbocycles. The Morgan fingerprint density at radius 1 is 0.968 bits per heavy atom. The molecule has 166 valence electrons. The van der Waals surface area contributed by atoms with Crippen LogP contribution in [0, 0.1) is 0 Å². The Kier molecular flexibility index (Phi) is 6.60. The molecule has 2 aromatic rings. The molecule has 8 heteroatoms. The quantitative estimate of drug-likeness (QED) is 0.740. The van der Waals surface area contributed by atoms with Crippen molar-refractivity contribution >= 4 is 21.6 Å². The fourth-order valence-corrected chi connectivity index (χ4v) is 5.66. The highest BCUT2D eigenvalue weighted by Gasteiger charge is 2.28. The lowest BCUT2D eigenvalue weighted by Crippen LogP contribution is -2.43. The fraction of sp³-hybridized carbons (Fsp3) is 0.435. The Hall–Kier alpha value is -2.42. The van der Waals surface area contributed by atoms with Crippen LogP contribution in [0.3, 0.4) is 0 Å². The minimum absolute atomic E-state index is 0.166. The second kappa shape index (κ2) is 9.38. The van der Waals surface area contributed by atoms with Crippen molar-refractivity contribution in [2.24, 2.45) is 0 Å². The summed E-state index contributed by atoms with van der Waals surface area (Å²) in [5.74, 6) is 0.0173. The molecule has 0 atom stereocenters. The van der Waals surface area contributed by atoms with E-state index in [9.17, 15) is 13.2 Å². The van der Waals surface area contributed by atoms with Gasteiger partial charge >= 0.3 is 0 Å². The number of amides is 1. The van der Waals surface area contributed by atoms with Crippen molar-refractivity contribution in [1.82, 2.24) is 15.1 Å². The number of piperazine rings is 1. The van der Waals surface area contributed by atoms with Gasteiger partial charge in [0.2, 0.25) is 10.0 Å². The van der Waals surface area contributed by atoms with Crippen molar-refractivity contribution in [2.45, 2.75) is 19.5 Å². The molecule has 0 radical (unpaired) electrons. The Labute approximate surface area is 184 Å². The van der Waals surface area contributed by atoms with E-state index in [0.29, 0.717) is 30.8 Å². The van der Waals surface area contributed by atoms with Gasteiger partial charge in [0.05, 0.1) is 11.4 Å². The molecule has 0 spiro atoms. The molecular formula is C23H30N4O3S. The van der Waals surface area contributed by atoms with Crippen LogP contribution in [0.2, 0.25) is 0 Å². The number of sulfonamides is 1. The molecule has 2 fully saturated rings. The third-order valence-corrected chi connectivity index (χ3v) is 7.83. The largest absolute Gasteiger partial charge is 0.348 e. The number of carbonyl (C=O) groups is 1. The minimum atomic E-state index is -3.21. The standard InChI is InChI=1S/C23H30N4O3S/c1-25-11-13-26(14-12-25)18-20-5-2-4-19(16-20)17-24-23(28)21-6-8-22(9-7-21)27-10-3-15-31(27,29)30/h2,4-9,16H,3,10-15,17-18H2,1H3,(H,24,28). The normalized spacial score (nSPS) is 19.5. The van der Waals surface area contributed by atoms with Crippen LogP contribution >= 0.6 is 0 Å². The lowest BCUT2D eigenvalue weighted by molar-refractivity contribution is 0.0951. The van der Waals surface area contributed by atoms with Gasteiger partial charge in [-0.1, -0.05) is 24.3 Å². The zero-order valence-corrected chi connectivity index (χ0v) is 18.8. The molecular weight excluding hydrogens is 412 g/mol. The van der Waals surface area contributed by atoms with Gasteiger partial charge < -0.3 is 10.2 Å². The molecule has 1 N–H and O–H groups in total. The predicted molar refractivity (Wildman–Crippen MR) is 123 cm³/mol. The lowest BCUT2D eigenvalue weighted by Gasteiger charge is -2.32. The fourth-order valence-electron chi connectivity index (χ4n) is 4.10. The second-order valence-electron chi connectivity index (χ2n) is 8.37. The zero-order valence-electron chi connectivity index (χ0n) is 18.0. The van der Waals surface area contributed by atoms with Gasteiger partial charge in [-0.15, -0.1) is 0 Å². The van der Waals surface area contributed by atoms with E-state index in [1.807, 2.05) is 12.1 Å². The van der Waals surface area contributed by atoms with Gasteiger partial charge in [0.25, 0.3) is 5.91 Å². The van der Waals surface area contributed by atoms with E-state index < -0.39 is 10.0 Å². The molecule has 0 aromatic heterocycles. The van der Waals surface area contributed by atoms with E-state index in [-0.39, 0.29) is 11.7 Å². The van der Waals surface area contributed by atoms with Crippen LogP contribution in [0.25, 0.3) is 0 Å². The van der Waals surface area contributed by atoms with Gasteiger partial charge in [-0.05, 0) is 48.9 Å². The molecule has 0 saturated carbocycles. The number of carbonyl (C=O) groups excluding carboxylic acids is 1. The third kappa shape index (κ3) is 5.44. The molecule has 0 aliphatic carbocycles. The highest BCUT2D eigenvalue weighted by Crippen LogP contribution is 2.24. The number of benzene rings is 2. The number of nitrogens with one attached hydrogen (secondary N) is 1. The highest BCUT2D eigenvalue weighted by atomic mass is 32.2. The summed E-state index contributed by atoms with van der Waals surface area (Å²) in [6.45, 7) is 6.22. The number of anilines is 1. The molecule has 4 rings (SSSR count). The van der Waals surface area contributed by atoms with Crippen molar-refractivity contribution in [3.63, 3.8) is 0 Å². The summed E-state index contributed by atoms with van der Waals surface area (Å²) in [7, 11) is -1.05. The molecule has 2 aliphatic rings. The van der Waals surface area contributed by atoms with Crippen LogP contribution in [0.15, 0.2) is 48.5 Å². The summed E-state index contributed by atoms with van der Waals surface area (Å²) < 4.78 is 25.5. The lowest BCUT2D eigenvalue weighted by atomic mass is 10.1. The number of hydrogen-bond donors (Lipinski definition) is 1. The molecule has 2 saturated heterocycles. The summed E-state index contributed by atoms with van der Waals surface area (Å²) in [6.07, 6.45) is 0.637. The highest BCUT2D eigenvalue weighted by molar-refractivity contribution is 7.93. The summed E-state index contributed by atoms with van der Waals surface area (Å²) in [5.41, 5.74) is 3.46. The summed E-state index contributed by atoms with van der Waals surface area (Å²) in [4.78, 5) is 17.4. The molecule has 2 heterocycles. The molecule has 1 amide bonds. The van der Waals surface area contributed by atoms with Crippen LogP contribution in [0.4, 0.5) is 5.69 Å². The van der Waals surface area contributed by atoms with Crippen LogP contribution in [-0.4, -0.2) is 69.6 Å². The molecule has 31 heavy (non-hydrogen) atoms. The van der Waals surface area contributed by atoms with E-state index in [2.05, 4.69) is 34.3 Å². The van der Waals surface area contributed by atoms with Crippen molar-refractivity contribution in [3.8, 4) is 0 Å². The van der Waals surface area contributed by atoms with Crippen molar-refractivity contribution < 1.29 is 13.2 Å². The number of hydrogen-bond acceptors (Lipinski definition) is 5. The van der Waals surface area contributed by atoms with Crippen molar-refractivity contribution in [1.29, 1.82) is 0 Å². The van der Waals surface area contributed by atoms with Gasteiger partial charge in [0.1, 0.15) is 0 Å². The van der Waals surface area contributed by atoms with E-state index >= 15 is 0 Å². The van der Waals surface area contributed by atoms with Gasteiger partial charge in [-0.2, -0.15) is 0 Å². The van der Waals surface area contributed by atoms with Gasteiger partial charge in [0.15, 0.2) is 0 Å². The maximum Gasteiger partial charge on any atom is 0.251 e. The van der Waals surface area contributed by atoms with Gasteiger partial charge in [-0.25, -0.2) is 8.42 Å². The first kappa shape index (κ1) is 21.8. The van der Waals surface area contributed by atoms with E-state index in [1.165, 1.54) is 9.87 Å². The van der Waals surface area contributed by atoms with Crippen LogP contribution < -0.4 is 9.62 Å². The minimum Gasteiger partial charge on any atom is -0.348 e. The Balaban J connectivity index is 1.32. The van der Waals surface area contributed by atoms with Crippen LogP contribution in [0.5, 0.6) is 0 Å². The van der Waals surface area contributed by atoms with Crippen molar-refractivity contribution in [3.05, 3.63) is 65.2 Å². The summed E-state index contributed by atoms with van der Waals surface area (Å²) in [5, 5.41) is 2.97. The van der Waals surface area contributed by atoms with Gasteiger partial charge in [0, 0.05) is 51.4 Å². The zero-order chi connectivity index (χ0) is 21.8. The first-order valence-electron chi connectivity index (χ1n) is 10.8. The average molecular weight is 443 g/mol. The summed E-state index contributed by atoms with van der Waals surface area (Å²) >= 11 is 0. The average Bonchev–Trinajstić information content (AvgIpc) is 3.13. The summed E-state index contributed by atoms with van der Waals surface area (Å²) in [6, 6.07) is 15.1. The molecule has 0 bridgehead atoms. The number of likely N-dealkylation sites (N-methyl/N-ethyl adjacent to an activating group) is 1. The molecule has 0 unspecified atom stereocenters. The number of rotatable bonds is 6. The van der Waals surface area contributed by atoms with Crippen molar-refractivity contribution in [2.75, 3.05) is 49.8 Å². The van der Waals surface area contributed by atoms with E-state index in [1.54, 1.807) is 24.3 Å². The second-order valence-corrected chi connectivity index (χ2v) is 10.4. The maximum absolute atomic E-state index is 12.6. The first-order valence-corrected chi connectivity index (χ1v) is 12.4. The number of nitrogens with zero attached hydrogens (tertiary/aromatic N) is 3. The molecule has 2 aliphatic heterocycles. The van der Waals surface area contributed by atoms with Crippen LogP contribution in [0.1, 0.15) is 27.9 Å². The van der Waals surface area contributed by atoms with E-state index in [4.69, 9.17) is 0 Å². The Bertz CT molecular complexity index is 1020. The monoisotopic (exact) mass is 442 g/mol. The Morgan fingerprint density at radius 3 is 2.35 bits per heavy atom. The van der Waals surface area contributed by atoms with Gasteiger partial charge in [-0.3, -0.25) is 14.0 Å². The van der Waals surface area contributed by atoms with E-state index in [0.717, 1.165) is 38.3 Å². The first-order chi connectivity index (χ1) is 14.9. The topological polar surface area (TPSA) is 73.0 Å². The molecule has 7 nitrogen and oxygen atoms in total.